The van der Waals surface area contributed by atoms with Crippen LogP contribution in [0.25, 0.3) is 5.78 Å². The number of nitrogens with one attached hydrogen (secondary N) is 4. The number of oxime groups is 1. The molecule has 0 bridgehead atoms. The third kappa shape index (κ3) is 8.27. The fourth-order valence-corrected chi connectivity index (χ4v) is 8.23. The number of carbonyl (C=O) groups excluding carboxylic acids is 5. The highest BCUT2D eigenvalue weighted by Gasteiger charge is 2.54. The summed E-state index contributed by atoms with van der Waals surface area (Å²) in [7, 11) is 0. The van der Waals surface area contributed by atoms with Gasteiger partial charge in [0.1, 0.15) is 27.8 Å². The Morgan fingerprint density at radius 3 is 2.50 bits per heavy atom. The molecule has 5 heterocycles. The number of amides is 5. The Morgan fingerprint density at radius 2 is 1.84 bits per heavy atom. The van der Waals surface area contributed by atoms with Crippen molar-refractivity contribution in [2.24, 2.45) is 5.16 Å². The lowest BCUT2D eigenvalue weighted by Gasteiger charge is -2.49. The minimum atomic E-state index is -1.85. The number of nitrogens with two attached hydrogens (primary N) is 1. The number of β-lactam (4-membered cyclic amide) rings is 1. The Morgan fingerprint density at radius 1 is 1.09 bits per heavy atom. The van der Waals surface area contributed by atoms with E-state index in [2.05, 4.69) is 41.4 Å². The van der Waals surface area contributed by atoms with Crippen molar-refractivity contribution < 1.29 is 59.2 Å². The highest BCUT2D eigenvalue weighted by atomic mass is 32.2. The molecule has 2 atom stereocenters. The summed E-state index contributed by atoms with van der Waals surface area (Å²) in [6.45, 7) is 2.03. The molecule has 1 aromatic carbocycles. The summed E-state index contributed by atoms with van der Waals surface area (Å²) in [6, 6.07) is 3.45. The number of anilines is 1. The zero-order chi connectivity index (χ0) is 42.1. The number of aromatic hydroxyl groups is 2. The molecule has 0 saturated carbocycles. The molecular formula is C31H30N12O12S3. The Balaban J connectivity index is 1.15. The quantitative estimate of drug-likeness (QED) is 0.0142. The molecule has 304 valence electrons. The number of fused-ring (bicyclic) bond motifs is 2. The number of aliphatic hydroxyl groups excluding tert-OH is 1. The van der Waals surface area contributed by atoms with Crippen molar-refractivity contribution in [2.45, 2.75) is 42.5 Å². The molecule has 3 aromatic heterocycles. The minimum Gasteiger partial charge on any atom is -0.504 e. The van der Waals surface area contributed by atoms with Crippen LogP contribution in [0.5, 0.6) is 11.5 Å². The van der Waals surface area contributed by atoms with Crippen LogP contribution in [0.15, 0.2) is 51.1 Å². The van der Waals surface area contributed by atoms with Crippen molar-refractivity contribution >= 4 is 87.0 Å². The number of phenols is 2. The first-order valence-corrected chi connectivity index (χ1v) is 19.2. The predicted octanol–water partition coefficient (Wildman–Crippen LogP) is -1.32. The van der Waals surface area contributed by atoms with Gasteiger partial charge < -0.3 is 36.3 Å². The van der Waals surface area contributed by atoms with Crippen LogP contribution in [0.4, 0.5) is 5.13 Å². The molecule has 58 heavy (non-hydrogen) atoms. The number of aliphatic carboxylic acids is 1. The smallest absolute Gasteiger partial charge is 0.352 e. The highest BCUT2D eigenvalue weighted by molar-refractivity contribution is 8.01. The largest absolute Gasteiger partial charge is 0.504 e. The number of thioether (sulfide) groups is 2. The van der Waals surface area contributed by atoms with E-state index < -0.39 is 82.2 Å². The molecule has 1 saturated heterocycles. The number of benzene rings is 1. The maximum Gasteiger partial charge on any atom is 0.352 e. The molecule has 6 rings (SSSR count). The van der Waals surface area contributed by atoms with Crippen LogP contribution in [0.2, 0.25) is 0 Å². The van der Waals surface area contributed by atoms with Gasteiger partial charge in [-0.2, -0.15) is 9.50 Å². The zero-order valence-corrected chi connectivity index (χ0v) is 32.1. The Bertz CT molecular complexity index is 2430. The lowest BCUT2D eigenvalue weighted by Crippen LogP contribution is -2.71. The normalized spacial score (nSPS) is 16.7. The number of aliphatic hydroxyl groups is 1. The van der Waals surface area contributed by atoms with E-state index in [9.17, 15) is 49.2 Å². The van der Waals surface area contributed by atoms with Gasteiger partial charge in [-0.05, 0) is 43.7 Å². The van der Waals surface area contributed by atoms with Crippen molar-refractivity contribution in [3.8, 4) is 11.5 Å². The number of hydrazine groups is 1. The molecule has 1 fully saturated rings. The fourth-order valence-electron chi connectivity index (χ4n) is 5.19. The number of phenolic OH excluding ortho intramolecular Hbond substituents is 2. The second-order valence-electron chi connectivity index (χ2n) is 12.5. The summed E-state index contributed by atoms with van der Waals surface area (Å²) < 4.78 is 1.17. The molecule has 27 heteroatoms. The van der Waals surface area contributed by atoms with Gasteiger partial charge in [0.25, 0.3) is 29.4 Å². The number of carbonyl (C=O) groups is 6. The lowest BCUT2D eigenvalue weighted by atomic mass is 10.0. The second-order valence-corrected chi connectivity index (χ2v) is 15.5. The van der Waals surface area contributed by atoms with E-state index in [1.165, 1.54) is 41.4 Å². The summed E-state index contributed by atoms with van der Waals surface area (Å²) >= 11 is 3.18. The van der Waals surface area contributed by atoms with Gasteiger partial charge in [0.05, 0.1) is 12.3 Å². The number of hydroxylamine groups is 1. The SMILES string of the molecule is CC(C)(O/N=C(\C(=O)N[C@@H]1C(=O)N2C(C(=O)O)=C(CSc3cc(CO)nc4nc(C(=O)NO)nn34)CS[C@H]12)c1csc(N)n1)C(=O)NNC(=O)c1ccc(O)c(O)c1. The molecule has 24 nitrogen and oxygen atoms in total. The zero-order valence-electron chi connectivity index (χ0n) is 29.7. The van der Waals surface area contributed by atoms with Crippen LogP contribution in [-0.4, -0.2) is 125 Å². The Hall–Kier alpha value is -6.55. The van der Waals surface area contributed by atoms with E-state index in [0.29, 0.717) is 10.6 Å². The molecule has 2 aliphatic heterocycles. The van der Waals surface area contributed by atoms with Crippen LogP contribution in [0.3, 0.4) is 0 Å². The molecule has 0 radical (unpaired) electrons. The second kappa shape index (κ2) is 16.5. The number of aromatic nitrogens is 5. The van der Waals surface area contributed by atoms with Crippen molar-refractivity contribution in [1.82, 2.24) is 51.1 Å². The molecule has 4 aromatic rings. The van der Waals surface area contributed by atoms with Crippen LogP contribution in [0, 0.1) is 0 Å². The van der Waals surface area contributed by atoms with Gasteiger partial charge in [-0.3, -0.25) is 44.9 Å². The third-order valence-corrected chi connectivity index (χ3v) is 11.2. The van der Waals surface area contributed by atoms with Crippen LogP contribution < -0.4 is 27.4 Å². The average Bonchev–Trinajstić information content (AvgIpc) is 3.84. The highest BCUT2D eigenvalue weighted by Crippen LogP contribution is 2.42. The maximum atomic E-state index is 13.7. The lowest BCUT2D eigenvalue weighted by molar-refractivity contribution is -0.150. The molecule has 0 unspecified atom stereocenters. The number of rotatable bonds is 13. The van der Waals surface area contributed by atoms with Crippen LogP contribution in [-0.2, 0) is 30.6 Å². The van der Waals surface area contributed by atoms with Crippen molar-refractivity contribution in [3.05, 3.63) is 63.7 Å². The van der Waals surface area contributed by atoms with E-state index in [-0.39, 0.29) is 45.1 Å². The van der Waals surface area contributed by atoms with Crippen molar-refractivity contribution in [3.63, 3.8) is 0 Å². The molecule has 2 aliphatic rings. The van der Waals surface area contributed by atoms with Crippen LogP contribution >= 0.6 is 34.9 Å². The van der Waals surface area contributed by atoms with Gasteiger partial charge in [-0.15, -0.1) is 40.0 Å². The summed E-state index contributed by atoms with van der Waals surface area (Å²) in [5, 5.41) is 59.3. The molecule has 11 N–H and O–H groups in total. The van der Waals surface area contributed by atoms with Gasteiger partial charge in [0, 0.05) is 22.4 Å². The standard InChI is InChI=1S/C31H30N12O12S3/c1-31(2,28(53)38-37-22(47)11-3-4-15(45)16(46)5-11)55-41-18(14-10-58-29(32)34-14)23(48)35-19-25(50)42-20(27(51)52)12(9-57-26(19)42)8-56-17-6-13(7-44)33-30-36-21(24(49)40-54)39-43(17)30/h3-6,10,19,26,44-46,54H,7-9H2,1-2H3,(H2,32,34)(H,35,48)(H,37,47)(H,38,53)(H,40,49)(H,51,52)/b41-18-/t19-,26-/m1/s1. The summed E-state index contributed by atoms with van der Waals surface area (Å²) in [5.41, 5.74) is 9.11. The molecule has 0 spiro atoms. The average molecular weight is 859 g/mol. The number of hydrogen-bond donors (Lipinski definition) is 10. The minimum absolute atomic E-state index is 0.000364. The van der Waals surface area contributed by atoms with E-state index in [1.807, 2.05) is 0 Å². The monoisotopic (exact) mass is 858 g/mol. The van der Waals surface area contributed by atoms with Gasteiger partial charge in [0.2, 0.25) is 11.4 Å². The maximum absolute atomic E-state index is 13.7. The summed E-state index contributed by atoms with van der Waals surface area (Å²) in [6.07, 6.45) is 0. The number of thiazole rings is 1. The Kier molecular flexibility index (Phi) is 11.7. The fraction of sp³-hybridized carbons (Fsp3) is 0.258. The first-order valence-electron chi connectivity index (χ1n) is 16.3. The number of carboxylic acids is 1. The molecular weight excluding hydrogens is 829 g/mol. The van der Waals surface area contributed by atoms with E-state index >= 15 is 0 Å². The van der Waals surface area contributed by atoms with E-state index in [4.69, 9.17) is 15.8 Å². The summed E-state index contributed by atoms with van der Waals surface area (Å²) in [5.74, 6) is -7.36. The number of nitrogens with zero attached hydrogens (tertiary/aromatic N) is 7. The Labute approximate surface area is 336 Å². The van der Waals surface area contributed by atoms with Crippen molar-refractivity contribution in [1.29, 1.82) is 0 Å². The first kappa shape index (κ1) is 41.1. The van der Waals surface area contributed by atoms with Crippen molar-refractivity contribution in [2.75, 3.05) is 17.2 Å². The third-order valence-electron chi connectivity index (χ3n) is 8.15. The van der Waals surface area contributed by atoms with Gasteiger partial charge in [0.15, 0.2) is 22.3 Å². The molecule has 5 amide bonds. The van der Waals surface area contributed by atoms with E-state index in [1.54, 1.807) is 0 Å². The van der Waals surface area contributed by atoms with Gasteiger partial charge in [-0.25, -0.2) is 20.2 Å². The number of carboxylic acid groups (broad SMARTS) is 1. The van der Waals surface area contributed by atoms with Gasteiger partial charge >= 0.3 is 11.9 Å². The number of hydrogen-bond acceptors (Lipinski definition) is 20. The summed E-state index contributed by atoms with van der Waals surface area (Å²) in [4.78, 5) is 95.6. The number of nitrogen functional groups attached to an aromatic ring is 1. The topological polar surface area (TPSA) is 359 Å². The van der Waals surface area contributed by atoms with E-state index in [0.717, 1.165) is 51.9 Å². The first-order chi connectivity index (χ1) is 27.5. The predicted molar refractivity (Wildman–Crippen MR) is 200 cm³/mol. The van der Waals surface area contributed by atoms with Gasteiger partial charge in [-0.1, -0.05) is 5.16 Å². The molecule has 0 aliphatic carbocycles. The van der Waals surface area contributed by atoms with Crippen LogP contribution in [0.1, 0.15) is 46.2 Å².